The van der Waals surface area contributed by atoms with Gasteiger partial charge in [-0.3, -0.25) is 9.63 Å². The lowest BCUT2D eigenvalue weighted by Crippen LogP contribution is -2.55. The summed E-state index contributed by atoms with van der Waals surface area (Å²) in [6, 6.07) is 0. The molecule has 19 heavy (non-hydrogen) atoms. The molecule has 2 N–H and O–H groups in total. The zero-order valence-corrected chi connectivity index (χ0v) is 12.1. The molecular weight excluding hydrogens is 240 g/mol. The molecule has 0 spiro atoms. The lowest BCUT2D eigenvalue weighted by Gasteiger charge is -2.59. The summed E-state index contributed by atoms with van der Waals surface area (Å²) in [5.74, 6) is 2.57. The predicted molar refractivity (Wildman–Crippen MR) is 72.9 cm³/mol. The molecule has 4 bridgehead atoms. The van der Waals surface area contributed by atoms with E-state index < -0.39 is 0 Å². The van der Waals surface area contributed by atoms with Crippen LogP contribution in [0.15, 0.2) is 0 Å². The van der Waals surface area contributed by atoms with E-state index >= 15 is 0 Å². The number of rotatable bonds is 4. The molecule has 0 heterocycles. The Kier molecular flexibility index (Phi) is 3.34. The molecule has 0 aromatic heterocycles. The number of amides is 1. The summed E-state index contributed by atoms with van der Waals surface area (Å²) in [4.78, 5) is 17.6. The van der Waals surface area contributed by atoms with Gasteiger partial charge in [-0.25, -0.2) is 5.06 Å². The molecule has 4 aliphatic carbocycles. The molecule has 0 radical (unpaired) electrons. The first-order valence-electron chi connectivity index (χ1n) is 7.59. The molecule has 0 saturated heterocycles. The molecule has 1 unspecified atom stereocenters. The highest BCUT2D eigenvalue weighted by Gasteiger charge is 2.55. The molecule has 0 aromatic carbocycles. The van der Waals surface area contributed by atoms with Crippen molar-refractivity contribution in [2.45, 2.75) is 38.5 Å². The highest BCUT2D eigenvalue weighted by molar-refractivity contribution is 5.78. The van der Waals surface area contributed by atoms with Crippen LogP contribution in [0, 0.1) is 29.1 Å². The molecule has 4 heteroatoms. The van der Waals surface area contributed by atoms with Crippen LogP contribution in [-0.2, 0) is 9.63 Å². The summed E-state index contributed by atoms with van der Waals surface area (Å²) in [6.45, 7) is 0.457. The first-order chi connectivity index (χ1) is 9.08. The molecule has 4 saturated carbocycles. The van der Waals surface area contributed by atoms with Gasteiger partial charge in [0.2, 0.25) is 0 Å². The Morgan fingerprint density at radius 3 is 2.11 bits per heavy atom. The highest BCUT2D eigenvalue weighted by Crippen LogP contribution is 2.62. The number of carbonyl (C=O) groups is 1. The van der Waals surface area contributed by atoms with Gasteiger partial charge in [-0.2, -0.15) is 0 Å². The van der Waals surface area contributed by atoms with E-state index in [1.54, 1.807) is 14.2 Å². The van der Waals surface area contributed by atoms with Gasteiger partial charge in [0, 0.05) is 13.6 Å². The van der Waals surface area contributed by atoms with Crippen molar-refractivity contribution in [1.29, 1.82) is 0 Å². The van der Waals surface area contributed by atoms with Crippen LogP contribution in [0.3, 0.4) is 0 Å². The largest absolute Gasteiger partial charge is 0.330 e. The maximum atomic E-state index is 12.5. The second-order valence-electron chi connectivity index (χ2n) is 7.09. The van der Waals surface area contributed by atoms with Gasteiger partial charge in [-0.15, -0.1) is 0 Å². The van der Waals surface area contributed by atoms with Gasteiger partial charge < -0.3 is 5.73 Å². The lowest BCUT2D eigenvalue weighted by atomic mass is 9.46. The number of hydrogen-bond donors (Lipinski definition) is 1. The van der Waals surface area contributed by atoms with Crippen molar-refractivity contribution in [1.82, 2.24) is 5.06 Å². The van der Waals surface area contributed by atoms with E-state index in [0.29, 0.717) is 6.54 Å². The standard InChI is InChI=1S/C15H26N2O2/c1-17(19-2)14(18)13(9-16)15-6-10-3-11(7-15)5-12(4-10)8-15/h10-13H,3-9,16H2,1-2H3. The fourth-order valence-electron chi connectivity index (χ4n) is 5.53. The molecular formula is C15H26N2O2. The predicted octanol–water partition coefficient (Wildman–Crippen LogP) is 1.80. The van der Waals surface area contributed by atoms with E-state index in [-0.39, 0.29) is 17.2 Å². The van der Waals surface area contributed by atoms with E-state index in [0.717, 1.165) is 17.8 Å². The lowest BCUT2D eigenvalue weighted by molar-refractivity contribution is -0.185. The number of carbonyl (C=O) groups excluding carboxylic acids is 1. The summed E-state index contributed by atoms with van der Waals surface area (Å²) in [7, 11) is 3.25. The SMILES string of the molecule is CON(C)C(=O)C(CN)C12CC3CC(CC(C3)C1)C2. The molecule has 4 rings (SSSR count). The van der Waals surface area contributed by atoms with Crippen molar-refractivity contribution >= 4 is 5.91 Å². The van der Waals surface area contributed by atoms with Gasteiger partial charge in [0.1, 0.15) is 0 Å². The highest BCUT2D eigenvalue weighted by atomic mass is 16.7. The Balaban J connectivity index is 1.84. The third kappa shape index (κ3) is 2.09. The molecule has 4 fully saturated rings. The maximum Gasteiger partial charge on any atom is 0.250 e. The normalized spacial score (nSPS) is 41.3. The van der Waals surface area contributed by atoms with Gasteiger partial charge in [0.25, 0.3) is 5.91 Å². The fraction of sp³-hybridized carbons (Fsp3) is 0.933. The molecule has 4 nitrogen and oxygen atoms in total. The Hall–Kier alpha value is -0.610. The maximum absolute atomic E-state index is 12.5. The van der Waals surface area contributed by atoms with Crippen LogP contribution >= 0.6 is 0 Å². The van der Waals surface area contributed by atoms with Crippen molar-refractivity contribution in [2.24, 2.45) is 34.8 Å². The minimum atomic E-state index is -0.0501. The van der Waals surface area contributed by atoms with Crippen LogP contribution in [-0.4, -0.2) is 31.7 Å². The van der Waals surface area contributed by atoms with Gasteiger partial charge in [0.05, 0.1) is 13.0 Å². The van der Waals surface area contributed by atoms with Gasteiger partial charge in [-0.1, -0.05) is 0 Å². The van der Waals surface area contributed by atoms with Crippen LogP contribution in [0.2, 0.25) is 0 Å². The summed E-state index contributed by atoms with van der Waals surface area (Å²) in [5, 5.41) is 1.37. The average molecular weight is 266 g/mol. The first kappa shape index (κ1) is 13.4. The zero-order valence-electron chi connectivity index (χ0n) is 12.1. The third-order valence-electron chi connectivity index (χ3n) is 5.94. The van der Waals surface area contributed by atoms with E-state index in [1.807, 2.05) is 0 Å². The molecule has 0 aliphatic heterocycles. The van der Waals surface area contributed by atoms with Crippen molar-refractivity contribution < 1.29 is 9.63 Å². The van der Waals surface area contributed by atoms with Crippen molar-refractivity contribution in [3.05, 3.63) is 0 Å². The molecule has 1 amide bonds. The minimum absolute atomic E-state index is 0.0501. The van der Waals surface area contributed by atoms with Crippen molar-refractivity contribution in [3.8, 4) is 0 Å². The first-order valence-corrected chi connectivity index (χ1v) is 7.59. The Morgan fingerprint density at radius 2 is 1.74 bits per heavy atom. The Bertz CT molecular complexity index is 334. The van der Waals surface area contributed by atoms with Crippen LogP contribution < -0.4 is 5.73 Å². The van der Waals surface area contributed by atoms with Crippen LogP contribution in [0.1, 0.15) is 38.5 Å². The summed E-state index contributed by atoms with van der Waals surface area (Å²) in [5.41, 5.74) is 6.16. The number of nitrogens with two attached hydrogens (primary N) is 1. The smallest absolute Gasteiger partial charge is 0.250 e. The number of nitrogens with zero attached hydrogens (tertiary/aromatic N) is 1. The number of hydroxylamine groups is 2. The Labute approximate surface area is 115 Å². The zero-order chi connectivity index (χ0) is 13.6. The molecule has 0 aromatic rings. The third-order valence-corrected chi connectivity index (χ3v) is 5.94. The van der Waals surface area contributed by atoms with Gasteiger partial charge in [0.15, 0.2) is 0 Å². The van der Waals surface area contributed by atoms with E-state index in [4.69, 9.17) is 10.6 Å². The van der Waals surface area contributed by atoms with Gasteiger partial charge in [-0.05, 0) is 61.7 Å². The fourth-order valence-corrected chi connectivity index (χ4v) is 5.53. The number of hydrogen-bond acceptors (Lipinski definition) is 3. The topological polar surface area (TPSA) is 55.6 Å². The van der Waals surface area contributed by atoms with E-state index in [2.05, 4.69) is 0 Å². The van der Waals surface area contributed by atoms with E-state index in [1.165, 1.54) is 43.6 Å². The molecule has 4 aliphatic rings. The van der Waals surface area contributed by atoms with Crippen LogP contribution in [0.4, 0.5) is 0 Å². The van der Waals surface area contributed by atoms with Crippen LogP contribution in [0.25, 0.3) is 0 Å². The average Bonchev–Trinajstić information content (AvgIpc) is 2.36. The van der Waals surface area contributed by atoms with Crippen LogP contribution in [0.5, 0.6) is 0 Å². The van der Waals surface area contributed by atoms with Crippen molar-refractivity contribution in [2.75, 3.05) is 20.7 Å². The summed E-state index contributed by atoms with van der Waals surface area (Å²) in [6.07, 6.45) is 7.82. The Morgan fingerprint density at radius 1 is 1.26 bits per heavy atom. The van der Waals surface area contributed by atoms with Crippen molar-refractivity contribution in [3.63, 3.8) is 0 Å². The van der Waals surface area contributed by atoms with Gasteiger partial charge >= 0.3 is 0 Å². The summed E-state index contributed by atoms with van der Waals surface area (Å²) < 4.78 is 0. The van der Waals surface area contributed by atoms with E-state index in [9.17, 15) is 4.79 Å². The quantitative estimate of drug-likeness (QED) is 0.789. The second kappa shape index (κ2) is 4.74. The monoisotopic (exact) mass is 266 g/mol. The summed E-state index contributed by atoms with van der Waals surface area (Å²) >= 11 is 0. The second-order valence-corrected chi connectivity index (χ2v) is 7.09. The molecule has 108 valence electrons. The minimum Gasteiger partial charge on any atom is -0.330 e. The molecule has 1 atom stereocenters.